The summed E-state index contributed by atoms with van der Waals surface area (Å²) in [6, 6.07) is 22.2. The van der Waals surface area contributed by atoms with Gasteiger partial charge in [-0.2, -0.15) is 13.9 Å². The number of aromatic nitrogens is 8. The van der Waals surface area contributed by atoms with Gasteiger partial charge in [-0.1, -0.05) is 37.3 Å². The van der Waals surface area contributed by atoms with E-state index in [9.17, 15) is 19.4 Å². The van der Waals surface area contributed by atoms with Crippen molar-refractivity contribution in [2.75, 3.05) is 36.0 Å². The third kappa shape index (κ3) is 6.97. The molecule has 3 aromatic carbocycles. The number of tetrazole rings is 1. The number of benzene rings is 3. The number of nitrogens with zero attached hydrogens (tertiary/aromatic N) is 10. The highest BCUT2D eigenvalue weighted by Gasteiger charge is 2.57. The highest BCUT2D eigenvalue weighted by molar-refractivity contribution is 5.66. The summed E-state index contributed by atoms with van der Waals surface area (Å²) in [7, 11) is 0. The highest BCUT2D eigenvalue weighted by Crippen LogP contribution is 2.46. The maximum Gasteiger partial charge on any atom is 0.350 e. The summed E-state index contributed by atoms with van der Waals surface area (Å²) in [4.78, 5) is 21.6. The van der Waals surface area contributed by atoms with E-state index in [1.165, 1.54) is 40.0 Å². The molecule has 54 heavy (non-hydrogen) atoms. The van der Waals surface area contributed by atoms with E-state index in [2.05, 4.69) is 35.4 Å². The Morgan fingerprint density at radius 1 is 0.852 bits per heavy atom. The summed E-state index contributed by atoms with van der Waals surface area (Å²) < 4.78 is 50.2. The Balaban J connectivity index is 0.997. The number of aliphatic hydroxyl groups is 2. The second kappa shape index (κ2) is 14.9. The average molecular weight is 741 g/mol. The molecule has 1 saturated heterocycles. The third-order valence-corrected chi connectivity index (χ3v) is 10.0. The second-order valence-corrected chi connectivity index (χ2v) is 13.4. The largest absolute Gasteiger partial charge is 0.391 e. The van der Waals surface area contributed by atoms with Crippen molar-refractivity contribution in [3.63, 3.8) is 0 Å². The van der Waals surface area contributed by atoms with E-state index in [0.717, 1.165) is 72.3 Å². The van der Waals surface area contributed by atoms with Gasteiger partial charge in [0.1, 0.15) is 24.2 Å². The Hall–Kier alpha value is -5.87. The molecular weight excluding hydrogens is 701 g/mol. The van der Waals surface area contributed by atoms with Crippen molar-refractivity contribution in [3.05, 3.63) is 131 Å². The van der Waals surface area contributed by atoms with Crippen LogP contribution < -0.4 is 15.5 Å². The number of hydrogen-bond donors (Lipinski definition) is 2. The van der Waals surface area contributed by atoms with Gasteiger partial charge >= 0.3 is 11.6 Å². The van der Waals surface area contributed by atoms with Crippen molar-refractivity contribution in [3.8, 4) is 16.8 Å². The van der Waals surface area contributed by atoms with Gasteiger partial charge in [0.25, 0.3) is 0 Å². The van der Waals surface area contributed by atoms with Gasteiger partial charge in [-0.25, -0.2) is 23.1 Å². The number of halogens is 3. The maximum atomic E-state index is 16.2. The van der Waals surface area contributed by atoms with E-state index in [1.54, 1.807) is 6.92 Å². The molecule has 1 aliphatic heterocycles. The van der Waals surface area contributed by atoms with E-state index < -0.39 is 41.7 Å². The fraction of sp³-hybridized carbons (Fsp3) is 0.316. The first-order valence-electron chi connectivity index (χ1n) is 17.6. The molecule has 1 unspecified atom stereocenters. The highest BCUT2D eigenvalue weighted by atomic mass is 19.3. The SMILES string of the molecule is CC[C@@H]([C@H](C)O)n1ncn(-c2ccc(N3CCN(c4ccc(-c5ccc(C(F)(F)C(O)(Cn6cnnn6)c6cccc(F)c6)nc5)cc4)CC3)cc2)c1=O. The predicted molar refractivity (Wildman–Crippen MR) is 195 cm³/mol. The number of piperazine rings is 1. The van der Waals surface area contributed by atoms with Gasteiger partial charge in [0.05, 0.1) is 24.4 Å². The van der Waals surface area contributed by atoms with Crippen LogP contribution in [0.3, 0.4) is 0 Å². The van der Waals surface area contributed by atoms with Crippen LogP contribution in [0.2, 0.25) is 0 Å². The summed E-state index contributed by atoms with van der Waals surface area (Å²) in [5.41, 5.74) is -0.130. The van der Waals surface area contributed by atoms with Crippen LogP contribution in [0, 0.1) is 5.82 Å². The third-order valence-electron chi connectivity index (χ3n) is 10.0. The number of pyridine rings is 1. The first kappa shape index (κ1) is 36.5. The molecule has 7 rings (SSSR count). The van der Waals surface area contributed by atoms with Gasteiger partial charge < -0.3 is 20.0 Å². The molecule has 0 amide bonds. The molecule has 0 radical (unpaired) electrons. The monoisotopic (exact) mass is 740 g/mol. The average Bonchev–Trinajstić information content (AvgIpc) is 3.84. The standard InChI is InChI=1S/C38H39F3N10O3/c1-3-34(26(2)52)51-36(53)50(25-44-51)33-14-12-32(13-15-33)48-19-17-47(18-20-48)31-10-7-27(8-11-31)28-9-16-35(42-22-28)38(40,41)37(54,23-49-24-43-45-46-49)29-5-4-6-30(39)21-29/h4-16,21-22,24-26,34,52,54H,3,17-20,23H2,1-2H3/t26-,34-,37?/m0/s1. The summed E-state index contributed by atoms with van der Waals surface area (Å²) in [6.45, 7) is 5.91. The van der Waals surface area contributed by atoms with Crippen LogP contribution in [0.15, 0.2) is 109 Å². The fourth-order valence-electron chi connectivity index (χ4n) is 6.92. The summed E-state index contributed by atoms with van der Waals surface area (Å²) in [5.74, 6) is -4.74. The molecule has 4 heterocycles. The molecule has 0 bridgehead atoms. The Kier molecular flexibility index (Phi) is 10.0. The van der Waals surface area contributed by atoms with Gasteiger partial charge in [-0.15, -0.1) is 5.10 Å². The van der Waals surface area contributed by atoms with Crippen LogP contribution in [-0.4, -0.2) is 82.0 Å². The predicted octanol–water partition coefficient (Wildman–Crippen LogP) is 4.56. The lowest BCUT2D eigenvalue weighted by atomic mass is 9.85. The summed E-state index contributed by atoms with van der Waals surface area (Å²) in [6.07, 6.45) is 3.78. The van der Waals surface area contributed by atoms with Crippen LogP contribution in [0.25, 0.3) is 16.8 Å². The van der Waals surface area contributed by atoms with Crippen molar-refractivity contribution < 1.29 is 23.4 Å². The molecule has 3 aromatic heterocycles. The number of anilines is 2. The van der Waals surface area contributed by atoms with Gasteiger partial charge in [-0.05, 0) is 89.5 Å². The molecule has 2 N–H and O–H groups in total. The molecule has 0 saturated carbocycles. The van der Waals surface area contributed by atoms with E-state index in [4.69, 9.17) is 0 Å². The molecule has 1 aliphatic rings. The van der Waals surface area contributed by atoms with E-state index in [1.807, 2.05) is 55.5 Å². The van der Waals surface area contributed by atoms with Crippen LogP contribution >= 0.6 is 0 Å². The molecule has 0 aliphatic carbocycles. The maximum absolute atomic E-state index is 16.2. The quantitative estimate of drug-likeness (QED) is 0.183. The van der Waals surface area contributed by atoms with Crippen LogP contribution in [0.5, 0.6) is 0 Å². The Labute approximate surface area is 308 Å². The lowest BCUT2D eigenvalue weighted by Crippen LogP contribution is -2.47. The van der Waals surface area contributed by atoms with Crippen molar-refractivity contribution in [1.29, 1.82) is 0 Å². The van der Waals surface area contributed by atoms with Gasteiger partial charge in [0, 0.05) is 49.3 Å². The zero-order valence-electron chi connectivity index (χ0n) is 29.6. The van der Waals surface area contributed by atoms with Crippen molar-refractivity contribution in [2.45, 2.75) is 50.5 Å². The molecular formula is C38H39F3N10O3. The second-order valence-electron chi connectivity index (χ2n) is 13.4. The molecule has 3 atom stereocenters. The minimum absolute atomic E-state index is 0.297. The summed E-state index contributed by atoms with van der Waals surface area (Å²) in [5, 5.41) is 36.3. The minimum atomic E-state index is -3.96. The lowest BCUT2D eigenvalue weighted by molar-refractivity contribution is -0.206. The number of aliphatic hydroxyl groups excluding tert-OH is 1. The van der Waals surface area contributed by atoms with Gasteiger partial charge in [-0.3, -0.25) is 4.98 Å². The smallest absolute Gasteiger partial charge is 0.350 e. The minimum Gasteiger partial charge on any atom is -0.391 e. The number of hydrogen-bond acceptors (Lipinski definition) is 10. The van der Waals surface area contributed by atoms with Crippen molar-refractivity contribution >= 4 is 11.4 Å². The zero-order valence-corrected chi connectivity index (χ0v) is 29.6. The zero-order chi connectivity index (χ0) is 38.0. The van der Waals surface area contributed by atoms with Crippen LogP contribution in [-0.2, 0) is 18.1 Å². The molecule has 280 valence electrons. The first-order valence-corrected chi connectivity index (χ1v) is 17.6. The Morgan fingerprint density at radius 2 is 1.48 bits per heavy atom. The summed E-state index contributed by atoms with van der Waals surface area (Å²) >= 11 is 0. The van der Waals surface area contributed by atoms with E-state index >= 15 is 8.78 Å². The van der Waals surface area contributed by atoms with Gasteiger partial charge in [0.2, 0.25) is 0 Å². The number of alkyl halides is 2. The van der Waals surface area contributed by atoms with Crippen LogP contribution in [0.1, 0.15) is 37.6 Å². The molecule has 6 aromatic rings. The lowest BCUT2D eigenvalue weighted by Gasteiger charge is -2.37. The van der Waals surface area contributed by atoms with Crippen LogP contribution in [0.4, 0.5) is 24.5 Å². The molecule has 0 spiro atoms. The Bertz CT molecular complexity index is 2220. The topological polar surface area (TPSA) is 143 Å². The first-order chi connectivity index (χ1) is 26.0. The molecule has 13 nitrogen and oxygen atoms in total. The molecule has 1 fully saturated rings. The fourth-order valence-corrected chi connectivity index (χ4v) is 6.92. The van der Waals surface area contributed by atoms with Crippen molar-refractivity contribution in [2.24, 2.45) is 0 Å². The van der Waals surface area contributed by atoms with E-state index in [-0.39, 0.29) is 11.3 Å². The van der Waals surface area contributed by atoms with Crippen molar-refractivity contribution in [1.82, 2.24) is 39.5 Å². The molecule has 16 heteroatoms. The van der Waals surface area contributed by atoms with Gasteiger partial charge in [0.15, 0.2) is 5.60 Å². The Morgan fingerprint density at radius 3 is 2.04 bits per heavy atom. The van der Waals surface area contributed by atoms with E-state index in [0.29, 0.717) is 17.7 Å². The normalized spacial score (nSPS) is 15.9. The number of rotatable bonds is 12.